The van der Waals surface area contributed by atoms with Crippen LogP contribution in [-0.2, 0) is 4.79 Å². The van der Waals surface area contributed by atoms with Crippen molar-refractivity contribution < 1.29 is 14.3 Å². The molecule has 4 rings (SSSR count). The van der Waals surface area contributed by atoms with Crippen LogP contribution in [-0.4, -0.2) is 61.9 Å². The van der Waals surface area contributed by atoms with Crippen molar-refractivity contribution in [2.24, 2.45) is 0 Å². The van der Waals surface area contributed by atoms with E-state index in [1.165, 1.54) is 11.8 Å². The van der Waals surface area contributed by atoms with Crippen molar-refractivity contribution >= 4 is 56.0 Å². The number of fused-ring (bicyclic) bond motifs is 1. The highest BCUT2D eigenvalue weighted by atomic mass is 35.5. The first-order valence-electron chi connectivity index (χ1n) is 9.51. The number of carbonyl (C=O) groups excluding carboxylic acids is 1. The quantitative estimate of drug-likeness (QED) is 0.505. The van der Waals surface area contributed by atoms with E-state index in [0.29, 0.717) is 35.4 Å². The molecule has 0 N–H and O–H groups in total. The van der Waals surface area contributed by atoms with Gasteiger partial charge in [0.25, 0.3) is 0 Å². The fourth-order valence-corrected chi connectivity index (χ4v) is 5.29. The first-order valence-corrected chi connectivity index (χ1v) is 11.7. The Morgan fingerprint density at radius 1 is 1.10 bits per heavy atom. The summed E-state index contributed by atoms with van der Waals surface area (Å²) in [6.07, 6.45) is 0. The molecule has 3 aromatic rings. The van der Waals surface area contributed by atoms with Crippen molar-refractivity contribution in [1.29, 1.82) is 0 Å². The molecule has 6 nitrogen and oxygen atoms in total. The summed E-state index contributed by atoms with van der Waals surface area (Å²) in [6, 6.07) is 11.5. The Morgan fingerprint density at radius 3 is 2.50 bits per heavy atom. The summed E-state index contributed by atoms with van der Waals surface area (Å²) in [7, 11) is 3.25. The molecular weight excluding hydrogens is 442 g/mol. The Bertz CT molecular complexity index is 1030. The first kappa shape index (κ1) is 21.1. The zero-order chi connectivity index (χ0) is 21.1. The molecule has 1 amide bonds. The van der Waals surface area contributed by atoms with Crippen LogP contribution in [0.4, 0.5) is 5.13 Å². The van der Waals surface area contributed by atoms with Crippen molar-refractivity contribution in [3.63, 3.8) is 0 Å². The van der Waals surface area contributed by atoms with Gasteiger partial charge in [-0.3, -0.25) is 4.79 Å². The third kappa shape index (κ3) is 4.45. The lowest BCUT2D eigenvalue weighted by atomic mass is 10.3. The zero-order valence-corrected chi connectivity index (χ0v) is 19.1. The Morgan fingerprint density at radius 2 is 1.83 bits per heavy atom. The van der Waals surface area contributed by atoms with Crippen LogP contribution in [0.2, 0.25) is 5.02 Å². The van der Waals surface area contributed by atoms with Gasteiger partial charge in [0.15, 0.2) is 16.6 Å². The summed E-state index contributed by atoms with van der Waals surface area (Å²) in [4.78, 5) is 22.6. The number of methoxy groups -OCH3 is 2. The molecule has 1 fully saturated rings. The van der Waals surface area contributed by atoms with Crippen molar-refractivity contribution in [3.05, 3.63) is 41.4 Å². The summed E-state index contributed by atoms with van der Waals surface area (Å²) in [5, 5.41) is 1.65. The van der Waals surface area contributed by atoms with Crippen LogP contribution in [0, 0.1) is 0 Å². The Hall–Kier alpha value is -2.16. The Balaban J connectivity index is 1.37. The summed E-state index contributed by atoms with van der Waals surface area (Å²) in [5.41, 5.74) is 0.815. The van der Waals surface area contributed by atoms with Crippen LogP contribution in [0.5, 0.6) is 11.5 Å². The lowest BCUT2D eigenvalue weighted by Crippen LogP contribution is -2.49. The number of nitrogens with zero attached hydrogens (tertiary/aromatic N) is 3. The molecule has 0 bridgehead atoms. The van der Waals surface area contributed by atoms with Crippen molar-refractivity contribution in [1.82, 2.24) is 9.88 Å². The van der Waals surface area contributed by atoms with E-state index in [0.717, 1.165) is 33.3 Å². The molecule has 0 aliphatic carbocycles. The molecule has 1 aliphatic rings. The lowest BCUT2D eigenvalue weighted by molar-refractivity contribution is -0.128. The minimum Gasteiger partial charge on any atom is -0.493 e. The predicted molar refractivity (Wildman–Crippen MR) is 124 cm³/mol. The van der Waals surface area contributed by atoms with Crippen molar-refractivity contribution in [3.8, 4) is 11.5 Å². The maximum Gasteiger partial charge on any atom is 0.233 e. The van der Waals surface area contributed by atoms with Gasteiger partial charge < -0.3 is 19.3 Å². The topological polar surface area (TPSA) is 54.9 Å². The number of halogens is 1. The van der Waals surface area contributed by atoms with E-state index in [2.05, 4.69) is 4.90 Å². The van der Waals surface area contributed by atoms with E-state index in [1.54, 1.807) is 25.6 Å². The average Bonchev–Trinajstić information content (AvgIpc) is 3.22. The molecular formula is C21H22ClN3O3S2. The highest BCUT2D eigenvalue weighted by Crippen LogP contribution is 2.40. The maximum absolute atomic E-state index is 12.6. The van der Waals surface area contributed by atoms with E-state index >= 15 is 0 Å². The van der Waals surface area contributed by atoms with E-state index in [-0.39, 0.29) is 5.91 Å². The summed E-state index contributed by atoms with van der Waals surface area (Å²) < 4.78 is 11.9. The summed E-state index contributed by atoms with van der Waals surface area (Å²) >= 11 is 9.08. The second-order valence-electron chi connectivity index (χ2n) is 6.75. The molecule has 0 spiro atoms. The molecule has 1 aliphatic heterocycles. The fourth-order valence-electron chi connectivity index (χ4n) is 3.35. The van der Waals surface area contributed by atoms with Crippen LogP contribution in [0.25, 0.3) is 10.2 Å². The van der Waals surface area contributed by atoms with Gasteiger partial charge in [0, 0.05) is 36.1 Å². The Kier molecular flexibility index (Phi) is 6.55. The standard InChI is InChI=1S/C21H22ClN3O3S2/c1-27-16-7-8-17-19(20(16)28-2)23-21(30-17)25-11-9-24(10-12-25)18(26)13-29-15-5-3-14(22)4-6-15/h3-8H,9-13H2,1-2H3. The molecule has 0 unspecified atom stereocenters. The molecule has 0 radical (unpaired) electrons. The minimum absolute atomic E-state index is 0.158. The van der Waals surface area contributed by atoms with Gasteiger partial charge in [0.2, 0.25) is 5.91 Å². The van der Waals surface area contributed by atoms with Gasteiger partial charge in [0.05, 0.1) is 24.7 Å². The first-order chi connectivity index (χ1) is 14.6. The molecule has 2 aromatic carbocycles. The molecule has 0 saturated carbocycles. The third-order valence-corrected chi connectivity index (χ3v) is 7.30. The molecule has 9 heteroatoms. The van der Waals surface area contributed by atoms with Crippen LogP contribution in [0.3, 0.4) is 0 Å². The van der Waals surface area contributed by atoms with E-state index in [4.69, 9.17) is 26.1 Å². The fraction of sp³-hybridized carbons (Fsp3) is 0.333. The predicted octanol–water partition coefficient (Wildman–Crippen LogP) is 4.41. The number of amides is 1. The summed E-state index contributed by atoms with van der Waals surface area (Å²) in [5.74, 6) is 1.92. The molecule has 2 heterocycles. The number of anilines is 1. The maximum atomic E-state index is 12.6. The average molecular weight is 464 g/mol. The molecule has 1 aromatic heterocycles. The number of ether oxygens (including phenoxy) is 2. The SMILES string of the molecule is COc1ccc2sc(N3CCN(C(=O)CSc4ccc(Cl)cc4)CC3)nc2c1OC. The number of benzene rings is 2. The highest BCUT2D eigenvalue weighted by Gasteiger charge is 2.24. The van der Waals surface area contributed by atoms with Gasteiger partial charge in [0.1, 0.15) is 5.52 Å². The van der Waals surface area contributed by atoms with Gasteiger partial charge in [-0.15, -0.1) is 11.8 Å². The third-order valence-electron chi connectivity index (χ3n) is 4.97. The summed E-state index contributed by atoms with van der Waals surface area (Å²) in [6.45, 7) is 2.90. The van der Waals surface area contributed by atoms with Crippen molar-refractivity contribution in [2.45, 2.75) is 4.90 Å². The van der Waals surface area contributed by atoms with Gasteiger partial charge in [-0.25, -0.2) is 4.98 Å². The van der Waals surface area contributed by atoms with Gasteiger partial charge in [-0.2, -0.15) is 0 Å². The number of carbonyl (C=O) groups is 1. The molecule has 158 valence electrons. The monoisotopic (exact) mass is 463 g/mol. The van der Waals surface area contributed by atoms with E-state index in [1.807, 2.05) is 41.3 Å². The second-order valence-corrected chi connectivity index (χ2v) is 9.25. The second kappa shape index (κ2) is 9.32. The van der Waals surface area contributed by atoms with Crippen LogP contribution < -0.4 is 14.4 Å². The number of hydrogen-bond acceptors (Lipinski definition) is 7. The number of rotatable bonds is 6. The normalized spacial score (nSPS) is 14.2. The van der Waals surface area contributed by atoms with Crippen LogP contribution in [0.1, 0.15) is 0 Å². The van der Waals surface area contributed by atoms with E-state index < -0.39 is 0 Å². The lowest BCUT2D eigenvalue weighted by Gasteiger charge is -2.34. The van der Waals surface area contributed by atoms with Gasteiger partial charge >= 0.3 is 0 Å². The zero-order valence-electron chi connectivity index (χ0n) is 16.8. The van der Waals surface area contributed by atoms with Gasteiger partial charge in [-0.05, 0) is 36.4 Å². The number of piperazine rings is 1. The molecule has 1 saturated heterocycles. The number of thiazole rings is 1. The number of aromatic nitrogens is 1. The number of hydrogen-bond donors (Lipinski definition) is 0. The van der Waals surface area contributed by atoms with E-state index in [9.17, 15) is 4.79 Å². The smallest absolute Gasteiger partial charge is 0.233 e. The van der Waals surface area contributed by atoms with Crippen molar-refractivity contribution in [2.75, 3.05) is 51.1 Å². The van der Waals surface area contributed by atoms with Crippen LogP contribution >= 0.6 is 34.7 Å². The minimum atomic E-state index is 0.158. The Labute approximate surface area is 188 Å². The molecule has 0 atom stereocenters. The van der Waals surface area contributed by atoms with Gasteiger partial charge in [-0.1, -0.05) is 22.9 Å². The highest BCUT2D eigenvalue weighted by molar-refractivity contribution is 8.00. The number of thioether (sulfide) groups is 1. The molecule has 30 heavy (non-hydrogen) atoms. The van der Waals surface area contributed by atoms with Crippen LogP contribution in [0.15, 0.2) is 41.3 Å². The largest absolute Gasteiger partial charge is 0.493 e.